The Hall–Kier alpha value is -0.820. The molecule has 1 aromatic rings. The van der Waals surface area contributed by atoms with Crippen molar-refractivity contribution in [2.24, 2.45) is 11.7 Å². The zero-order valence-corrected chi connectivity index (χ0v) is 7.88. The van der Waals surface area contributed by atoms with Gasteiger partial charge in [-0.3, -0.25) is 0 Å². The van der Waals surface area contributed by atoms with Gasteiger partial charge in [-0.1, -0.05) is 38.1 Å². The number of benzene rings is 1. The molecule has 0 saturated heterocycles. The zero-order valence-electron chi connectivity index (χ0n) is 7.88. The predicted octanol–water partition coefficient (Wildman–Crippen LogP) is 2.34. The van der Waals surface area contributed by atoms with Crippen LogP contribution in [0.2, 0.25) is 0 Å². The second-order valence-electron chi connectivity index (χ2n) is 3.57. The maximum atomic E-state index is 5.63. The van der Waals surface area contributed by atoms with E-state index in [9.17, 15) is 0 Å². The number of hydrogen-bond acceptors (Lipinski definition) is 1. The van der Waals surface area contributed by atoms with Crippen LogP contribution in [-0.2, 0) is 13.0 Å². The van der Waals surface area contributed by atoms with Gasteiger partial charge < -0.3 is 5.73 Å². The fourth-order valence-corrected chi connectivity index (χ4v) is 1.40. The molecule has 0 heterocycles. The Morgan fingerprint density at radius 3 is 2.25 bits per heavy atom. The van der Waals surface area contributed by atoms with E-state index in [1.165, 1.54) is 11.1 Å². The molecule has 0 atom stereocenters. The third kappa shape index (κ3) is 2.35. The monoisotopic (exact) mass is 163 g/mol. The fraction of sp³-hybridized carbons (Fsp3) is 0.455. The summed E-state index contributed by atoms with van der Waals surface area (Å²) in [5.74, 6) is 0.706. The minimum Gasteiger partial charge on any atom is -0.326 e. The largest absolute Gasteiger partial charge is 0.326 e. The summed E-state index contributed by atoms with van der Waals surface area (Å²) in [5, 5.41) is 0. The molecule has 0 saturated carbocycles. The molecular formula is C11H17N. The first-order chi connectivity index (χ1) is 5.74. The number of nitrogens with two attached hydrogens (primary N) is 1. The third-order valence-corrected chi connectivity index (χ3v) is 1.97. The molecule has 1 aromatic carbocycles. The average molecular weight is 163 g/mol. The van der Waals surface area contributed by atoms with Crippen molar-refractivity contribution in [2.45, 2.75) is 26.8 Å². The summed E-state index contributed by atoms with van der Waals surface area (Å²) in [5.41, 5.74) is 8.31. The molecule has 0 bridgehead atoms. The lowest BCUT2D eigenvalue weighted by atomic mass is 9.98. The van der Waals surface area contributed by atoms with Crippen LogP contribution in [0.25, 0.3) is 0 Å². The van der Waals surface area contributed by atoms with Crippen LogP contribution < -0.4 is 5.73 Å². The topological polar surface area (TPSA) is 26.0 Å². The van der Waals surface area contributed by atoms with Crippen LogP contribution in [0.4, 0.5) is 0 Å². The molecule has 0 radical (unpaired) electrons. The second kappa shape index (κ2) is 4.27. The summed E-state index contributed by atoms with van der Waals surface area (Å²) in [7, 11) is 0. The highest BCUT2D eigenvalue weighted by atomic mass is 14.5. The van der Waals surface area contributed by atoms with E-state index in [1.54, 1.807) is 0 Å². The van der Waals surface area contributed by atoms with Crippen molar-refractivity contribution in [3.8, 4) is 0 Å². The van der Waals surface area contributed by atoms with Gasteiger partial charge in [-0.25, -0.2) is 0 Å². The summed E-state index contributed by atoms with van der Waals surface area (Å²) in [4.78, 5) is 0. The van der Waals surface area contributed by atoms with E-state index in [4.69, 9.17) is 5.73 Å². The SMILES string of the molecule is CC(C)Cc1ccccc1CN. The van der Waals surface area contributed by atoms with Crippen molar-refractivity contribution in [3.63, 3.8) is 0 Å². The molecule has 12 heavy (non-hydrogen) atoms. The molecule has 1 rings (SSSR count). The highest BCUT2D eigenvalue weighted by molar-refractivity contribution is 5.27. The Kier molecular flexibility index (Phi) is 3.30. The molecule has 0 unspecified atom stereocenters. The third-order valence-electron chi connectivity index (χ3n) is 1.97. The molecular weight excluding hydrogens is 146 g/mol. The van der Waals surface area contributed by atoms with Crippen molar-refractivity contribution < 1.29 is 0 Å². The van der Waals surface area contributed by atoms with E-state index in [2.05, 4.69) is 32.0 Å². The number of rotatable bonds is 3. The second-order valence-corrected chi connectivity index (χ2v) is 3.57. The standard InChI is InChI=1S/C11H17N/c1-9(2)7-10-5-3-4-6-11(10)8-12/h3-6,9H,7-8,12H2,1-2H3. The van der Waals surface area contributed by atoms with Gasteiger partial charge in [0.25, 0.3) is 0 Å². The Labute approximate surface area is 74.6 Å². The molecule has 2 N–H and O–H groups in total. The van der Waals surface area contributed by atoms with Gasteiger partial charge in [0.15, 0.2) is 0 Å². The molecule has 0 aliphatic rings. The van der Waals surface area contributed by atoms with E-state index >= 15 is 0 Å². The summed E-state index contributed by atoms with van der Waals surface area (Å²) in [6, 6.07) is 8.41. The Balaban J connectivity index is 2.82. The highest BCUT2D eigenvalue weighted by Crippen LogP contribution is 2.12. The van der Waals surface area contributed by atoms with Gasteiger partial charge in [-0.15, -0.1) is 0 Å². The molecule has 0 amide bonds. The zero-order chi connectivity index (χ0) is 8.97. The molecule has 1 nitrogen and oxygen atoms in total. The van der Waals surface area contributed by atoms with Crippen molar-refractivity contribution in [1.82, 2.24) is 0 Å². The van der Waals surface area contributed by atoms with Gasteiger partial charge in [-0.05, 0) is 23.5 Å². The predicted molar refractivity (Wildman–Crippen MR) is 52.9 cm³/mol. The van der Waals surface area contributed by atoms with Gasteiger partial charge in [0.05, 0.1) is 0 Å². The average Bonchev–Trinajstić information content (AvgIpc) is 2.04. The van der Waals surface area contributed by atoms with Gasteiger partial charge in [0, 0.05) is 6.54 Å². The van der Waals surface area contributed by atoms with Crippen LogP contribution in [0.5, 0.6) is 0 Å². The Morgan fingerprint density at radius 1 is 1.17 bits per heavy atom. The van der Waals surface area contributed by atoms with Crippen LogP contribution in [-0.4, -0.2) is 0 Å². The maximum Gasteiger partial charge on any atom is 0.0180 e. The lowest BCUT2D eigenvalue weighted by Gasteiger charge is -2.09. The van der Waals surface area contributed by atoms with E-state index in [-0.39, 0.29) is 0 Å². The maximum absolute atomic E-state index is 5.63. The molecule has 1 heteroatoms. The quantitative estimate of drug-likeness (QED) is 0.727. The van der Waals surface area contributed by atoms with Crippen molar-refractivity contribution in [1.29, 1.82) is 0 Å². The Bertz CT molecular complexity index is 241. The lowest BCUT2D eigenvalue weighted by Crippen LogP contribution is -2.03. The smallest absolute Gasteiger partial charge is 0.0180 e. The van der Waals surface area contributed by atoms with Gasteiger partial charge in [0.2, 0.25) is 0 Å². The van der Waals surface area contributed by atoms with Crippen molar-refractivity contribution in [3.05, 3.63) is 35.4 Å². The fourth-order valence-electron chi connectivity index (χ4n) is 1.40. The molecule has 0 spiro atoms. The molecule has 0 aromatic heterocycles. The summed E-state index contributed by atoms with van der Waals surface area (Å²) < 4.78 is 0. The summed E-state index contributed by atoms with van der Waals surface area (Å²) in [6.07, 6.45) is 1.13. The summed E-state index contributed by atoms with van der Waals surface area (Å²) in [6.45, 7) is 5.11. The van der Waals surface area contributed by atoms with E-state index in [0.717, 1.165) is 6.42 Å². The Morgan fingerprint density at radius 2 is 1.75 bits per heavy atom. The van der Waals surface area contributed by atoms with E-state index < -0.39 is 0 Å². The van der Waals surface area contributed by atoms with Crippen LogP contribution >= 0.6 is 0 Å². The van der Waals surface area contributed by atoms with Gasteiger partial charge >= 0.3 is 0 Å². The lowest BCUT2D eigenvalue weighted by molar-refractivity contribution is 0.642. The van der Waals surface area contributed by atoms with Crippen molar-refractivity contribution in [2.75, 3.05) is 0 Å². The first-order valence-corrected chi connectivity index (χ1v) is 4.51. The first kappa shape index (κ1) is 9.27. The number of hydrogen-bond donors (Lipinski definition) is 1. The normalized spacial score (nSPS) is 10.7. The summed E-state index contributed by atoms with van der Waals surface area (Å²) >= 11 is 0. The van der Waals surface area contributed by atoms with E-state index in [0.29, 0.717) is 12.5 Å². The van der Waals surface area contributed by atoms with E-state index in [1.807, 2.05) is 6.07 Å². The molecule has 0 aliphatic carbocycles. The van der Waals surface area contributed by atoms with Crippen LogP contribution in [0, 0.1) is 5.92 Å². The molecule has 0 aliphatic heterocycles. The first-order valence-electron chi connectivity index (χ1n) is 4.51. The van der Waals surface area contributed by atoms with Gasteiger partial charge in [0.1, 0.15) is 0 Å². The highest BCUT2D eigenvalue weighted by Gasteiger charge is 2.01. The molecule has 0 fully saturated rings. The minimum absolute atomic E-state index is 0.656. The van der Waals surface area contributed by atoms with Crippen molar-refractivity contribution >= 4 is 0 Å². The van der Waals surface area contributed by atoms with Crippen LogP contribution in [0.3, 0.4) is 0 Å². The van der Waals surface area contributed by atoms with Crippen LogP contribution in [0.1, 0.15) is 25.0 Å². The van der Waals surface area contributed by atoms with Gasteiger partial charge in [-0.2, -0.15) is 0 Å². The minimum atomic E-state index is 0.656. The van der Waals surface area contributed by atoms with Crippen LogP contribution in [0.15, 0.2) is 24.3 Å². The molecule has 66 valence electrons.